The van der Waals surface area contributed by atoms with Gasteiger partial charge in [0.05, 0.1) is 18.1 Å². The molecule has 0 aromatic heterocycles. The fourth-order valence-corrected chi connectivity index (χ4v) is 4.96. The maximum Gasteiger partial charge on any atom is 0.237 e. The summed E-state index contributed by atoms with van der Waals surface area (Å²) in [5.41, 5.74) is 8.09. The van der Waals surface area contributed by atoms with E-state index >= 15 is 0 Å². The van der Waals surface area contributed by atoms with Gasteiger partial charge in [0.2, 0.25) is 5.91 Å². The molecular weight excluding hydrogens is 398 g/mol. The lowest BCUT2D eigenvalue weighted by atomic mass is 9.91. The van der Waals surface area contributed by atoms with Gasteiger partial charge < -0.3 is 25.4 Å². The van der Waals surface area contributed by atoms with Crippen LogP contribution in [0.15, 0.2) is 5.11 Å². The van der Waals surface area contributed by atoms with Crippen LogP contribution in [-0.4, -0.2) is 94.0 Å². The summed E-state index contributed by atoms with van der Waals surface area (Å²) in [6.07, 6.45) is -0.621. The Morgan fingerprint density at radius 3 is 2.66 bits per heavy atom. The van der Waals surface area contributed by atoms with E-state index in [1.807, 2.05) is 11.9 Å². The van der Waals surface area contributed by atoms with Gasteiger partial charge in [-0.3, -0.25) is 9.69 Å². The first-order valence-electron chi connectivity index (χ1n) is 10.0. The molecule has 166 valence electrons. The first-order valence-corrected chi connectivity index (χ1v) is 11.3. The summed E-state index contributed by atoms with van der Waals surface area (Å²) in [5.74, 6) is 0.219. The minimum atomic E-state index is -1.44. The van der Waals surface area contributed by atoms with E-state index in [4.69, 9.17) is 10.3 Å². The third kappa shape index (κ3) is 5.55. The molecule has 10 nitrogen and oxygen atoms in total. The molecule has 2 aliphatic heterocycles. The maximum atomic E-state index is 13.0. The topological polar surface area (TPSA) is 151 Å². The standard InChI is InChI=1S/C18H33N5O5S/c1-5-6-10-7-11(23(3)8-10)17(27)20-12(9(2)21-22-19)16-14(25)13(24)15(26)18(28-16)29-4/h9-16,18,24-26H,5-8H2,1-4H3,(H,20,27)/t9-,10-,11+,12-,13+,14-,15-,16-,18-/m1/s1. The van der Waals surface area contributed by atoms with Crippen LogP contribution in [0.4, 0.5) is 0 Å². The molecule has 2 fully saturated rings. The lowest BCUT2D eigenvalue weighted by Crippen LogP contribution is -2.65. The van der Waals surface area contributed by atoms with E-state index < -0.39 is 41.9 Å². The molecule has 2 aliphatic rings. The fraction of sp³-hybridized carbons (Fsp3) is 0.944. The summed E-state index contributed by atoms with van der Waals surface area (Å²) in [6, 6.07) is -1.91. The van der Waals surface area contributed by atoms with Gasteiger partial charge in [-0.2, -0.15) is 0 Å². The number of aliphatic hydroxyl groups is 3. The molecule has 0 unspecified atom stereocenters. The highest BCUT2D eigenvalue weighted by atomic mass is 32.2. The number of azide groups is 1. The van der Waals surface area contributed by atoms with E-state index in [1.165, 1.54) is 11.8 Å². The number of carbonyl (C=O) groups excluding carboxylic acids is 1. The van der Waals surface area contributed by atoms with Crippen LogP contribution < -0.4 is 5.32 Å². The highest BCUT2D eigenvalue weighted by Crippen LogP contribution is 2.31. The van der Waals surface area contributed by atoms with Crippen LogP contribution in [0.2, 0.25) is 0 Å². The van der Waals surface area contributed by atoms with Crippen LogP contribution in [0.3, 0.4) is 0 Å². The van der Waals surface area contributed by atoms with Crippen molar-refractivity contribution in [1.29, 1.82) is 0 Å². The molecule has 0 spiro atoms. The number of rotatable bonds is 8. The number of nitrogens with one attached hydrogen (secondary N) is 1. The van der Waals surface area contributed by atoms with Crippen molar-refractivity contribution in [3.63, 3.8) is 0 Å². The summed E-state index contributed by atoms with van der Waals surface area (Å²) >= 11 is 1.19. The SMILES string of the molecule is CCC[C@@H]1C[C@@H](C(=O)N[C@@H]([C@H]2O[C@H](SC)[C@H](O)[C@@H](O)[C@H]2O)[C@@H](C)N=[N+]=[N-])N(C)C1. The van der Waals surface area contributed by atoms with Gasteiger partial charge in [-0.15, -0.1) is 11.8 Å². The van der Waals surface area contributed by atoms with E-state index in [2.05, 4.69) is 22.3 Å². The zero-order valence-corrected chi connectivity index (χ0v) is 18.2. The van der Waals surface area contributed by atoms with E-state index in [1.54, 1.807) is 13.2 Å². The molecule has 0 aromatic rings. The molecule has 0 radical (unpaired) electrons. The summed E-state index contributed by atoms with van der Waals surface area (Å²) in [4.78, 5) is 17.9. The lowest BCUT2D eigenvalue weighted by Gasteiger charge is -2.44. The Morgan fingerprint density at radius 2 is 2.07 bits per heavy atom. The van der Waals surface area contributed by atoms with Gasteiger partial charge in [0.25, 0.3) is 0 Å². The molecule has 0 aliphatic carbocycles. The van der Waals surface area contributed by atoms with Crippen LogP contribution in [0, 0.1) is 5.92 Å². The number of ether oxygens (including phenoxy) is 1. The average Bonchev–Trinajstić information content (AvgIpc) is 3.05. The van der Waals surface area contributed by atoms with E-state index in [0.29, 0.717) is 5.92 Å². The second-order valence-corrected chi connectivity index (χ2v) is 8.94. The molecule has 2 heterocycles. The second-order valence-electron chi connectivity index (χ2n) is 8.00. The van der Waals surface area contributed by atoms with Crippen molar-refractivity contribution >= 4 is 17.7 Å². The summed E-state index contributed by atoms with van der Waals surface area (Å²) in [7, 11) is 1.90. The van der Waals surface area contributed by atoms with Crippen LogP contribution in [0.5, 0.6) is 0 Å². The molecule has 29 heavy (non-hydrogen) atoms. The molecule has 2 rings (SSSR count). The maximum absolute atomic E-state index is 13.0. The van der Waals surface area contributed by atoms with Crippen molar-refractivity contribution in [1.82, 2.24) is 10.2 Å². The van der Waals surface area contributed by atoms with Gasteiger partial charge in [0.1, 0.15) is 29.9 Å². The van der Waals surface area contributed by atoms with Crippen molar-refractivity contribution in [3.05, 3.63) is 10.4 Å². The third-order valence-electron chi connectivity index (χ3n) is 5.89. The first-order chi connectivity index (χ1) is 13.7. The van der Waals surface area contributed by atoms with Gasteiger partial charge in [-0.1, -0.05) is 25.4 Å². The number of nitrogens with zero attached hydrogens (tertiary/aromatic N) is 4. The molecule has 0 bridgehead atoms. The third-order valence-corrected chi connectivity index (χ3v) is 6.74. The van der Waals surface area contributed by atoms with Crippen molar-refractivity contribution in [2.24, 2.45) is 11.0 Å². The Kier molecular flexibility index (Phi) is 9.02. The largest absolute Gasteiger partial charge is 0.388 e. The number of likely N-dealkylation sites (N-methyl/N-ethyl adjacent to an activating group) is 1. The number of hydrogen-bond acceptors (Lipinski definition) is 8. The zero-order chi connectivity index (χ0) is 21.7. The van der Waals surface area contributed by atoms with Crippen molar-refractivity contribution in [3.8, 4) is 0 Å². The molecule has 0 aromatic carbocycles. The predicted molar refractivity (Wildman–Crippen MR) is 110 cm³/mol. The van der Waals surface area contributed by atoms with Gasteiger partial charge >= 0.3 is 0 Å². The number of thioether (sulfide) groups is 1. The van der Waals surface area contributed by atoms with Crippen LogP contribution >= 0.6 is 11.8 Å². The minimum Gasteiger partial charge on any atom is -0.388 e. The van der Waals surface area contributed by atoms with Crippen molar-refractivity contribution in [2.75, 3.05) is 19.8 Å². The smallest absolute Gasteiger partial charge is 0.237 e. The fourth-order valence-electron chi connectivity index (χ4n) is 4.29. The Labute approximate surface area is 175 Å². The first kappa shape index (κ1) is 24.2. The van der Waals surface area contributed by atoms with E-state index in [9.17, 15) is 20.1 Å². The Balaban J connectivity index is 2.20. The second kappa shape index (κ2) is 10.8. The number of aliphatic hydroxyl groups excluding tert-OH is 3. The molecule has 4 N–H and O–H groups in total. The Hall–Kier alpha value is -1.07. The number of hydrogen-bond donors (Lipinski definition) is 4. The number of carbonyl (C=O) groups is 1. The number of likely N-dealkylation sites (tertiary alicyclic amines) is 1. The van der Waals surface area contributed by atoms with Crippen LogP contribution in [-0.2, 0) is 9.53 Å². The summed E-state index contributed by atoms with van der Waals surface area (Å²) < 4.78 is 5.80. The molecule has 0 saturated carbocycles. The van der Waals surface area contributed by atoms with E-state index in [-0.39, 0.29) is 11.9 Å². The Morgan fingerprint density at radius 1 is 1.38 bits per heavy atom. The normalized spacial score (nSPS) is 37.6. The monoisotopic (exact) mass is 431 g/mol. The van der Waals surface area contributed by atoms with E-state index in [0.717, 1.165) is 25.8 Å². The van der Waals surface area contributed by atoms with Gasteiger partial charge in [-0.05, 0) is 37.6 Å². The highest BCUT2D eigenvalue weighted by molar-refractivity contribution is 7.99. The van der Waals surface area contributed by atoms with Crippen LogP contribution in [0.1, 0.15) is 33.1 Å². The molecule has 1 amide bonds. The molecule has 9 atom stereocenters. The highest BCUT2D eigenvalue weighted by Gasteiger charge is 2.48. The van der Waals surface area contributed by atoms with Gasteiger partial charge in [-0.25, -0.2) is 0 Å². The van der Waals surface area contributed by atoms with Crippen molar-refractivity contribution in [2.45, 2.75) is 81.1 Å². The van der Waals surface area contributed by atoms with Crippen molar-refractivity contribution < 1.29 is 24.9 Å². The quantitative estimate of drug-likeness (QED) is 0.248. The average molecular weight is 432 g/mol. The summed E-state index contributed by atoms with van der Waals surface area (Å²) in [5, 5.41) is 37.4. The molecule has 2 saturated heterocycles. The predicted octanol–water partition coefficient (Wildman–Crippen LogP) is 0.461. The Bertz CT molecular complexity index is 605. The minimum absolute atomic E-state index is 0.229. The number of amides is 1. The van der Waals surface area contributed by atoms with Gasteiger partial charge in [0, 0.05) is 11.5 Å². The molecule has 11 heteroatoms. The van der Waals surface area contributed by atoms with Gasteiger partial charge in [0.15, 0.2) is 0 Å². The lowest BCUT2D eigenvalue weighted by molar-refractivity contribution is -0.206. The molecular formula is C18H33N5O5S. The zero-order valence-electron chi connectivity index (χ0n) is 17.4. The summed E-state index contributed by atoms with van der Waals surface area (Å²) in [6.45, 7) is 4.57. The van der Waals surface area contributed by atoms with Crippen LogP contribution in [0.25, 0.3) is 10.4 Å².